The van der Waals surface area contributed by atoms with Crippen molar-refractivity contribution in [1.29, 1.82) is 0 Å². The zero-order valence-electron chi connectivity index (χ0n) is 8.60. The molecule has 0 aromatic carbocycles. The molecular formula is C11H23N. The average Bonchev–Trinajstić information content (AvgIpc) is 2.10. The second kappa shape index (κ2) is 8.63. The molecule has 72 valence electrons. The molecule has 0 atom stereocenters. The Hall–Kier alpha value is -0.460. The summed E-state index contributed by atoms with van der Waals surface area (Å²) in [5.74, 6) is 0. The molecule has 1 nitrogen and oxygen atoms in total. The molecule has 0 spiro atoms. The summed E-state index contributed by atoms with van der Waals surface area (Å²) < 4.78 is 0. The molecule has 0 bridgehead atoms. The van der Waals surface area contributed by atoms with Crippen molar-refractivity contribution in [1.82, 2.24) is 5.32 Å². The highest BCUT2D eigenvalue weighted by Gasteiger charge is 2.03. The van der Waals surface area contributed by atoms with Gasteiger partial charge in [0.05, 0.1) is 0 Å². The minimum absolute atomic E-state index is 0.669. The third kappa shape index (κ3) is 6.26. The van der Waals surface area contributed by atoms with E-state index in [1.54, 1.807) is 0 Å². The predicted molar refractivity (Wildman–Crippen MR) is 56.2 cm³/mol. The predicted octanol–water partition coefficient (Wildman–Crippen LogP) is 3.47. The van der Waals surface area contributed by atoms with Crippen LogP contribution in [0.25, 0.3) is 0 Å². The molecule has 1 N–H and O–H groups in total. The lowest BCUT2D eigenvalue weighted by atomic mass is 10.0. The molecule has 0 unspecified atom stereocenters. The van der Waals surface area contributed by atoms with Gasteiger partial charge in [-0.25, -0.2) is 0 Å². The van der Waals surface area contributed by atoms with Crippen LogP contribution in [0.3, 0.4) is 0 Å². The molecule has 0 radical (unpaired) electrons. The summed E-state index contributed by atoms with van der Waals surface area (Å²) in [5.41, 5.74) is 0. The SMILES string of the molecule is C=CNC(CCCC)CCCC. The standard InChI is InChI=1S/C11H23N/c1-4-7-9-11(12-6-3)10-8-5-2/h6,11-12H,3-5,7-10H2,1-2H3. The van der Waals surface area contributed by atoms with Gasteiger partial charge < -0.3 is 5.32 Å². The van der Waals surface area contributed by atoms with Crippen molar-refractivity contribution in [3.63, 3.8) is 0 Å². The monoisotopic (exact) mass is 169 g/mol. The summed E-state index contributed by atoms with van der Waals surface area (Å²) in [4.78, 5) is 0. The van der Waals surface area contributed by atoms with Gasteiger partial charge in [-0.2, -0.15) is 0 Å². The molecule has 0 aliphatic carbocycles. The Kier molecular flexibility index (Phi) is 8.30. The number of hydrogen-bond donors (Lipinski definition) is 1. The molecule has 0 saturated heterocycles. The van der Waals surface area contributed by atoms with E-state index in [0.29, 0.717) is 6.04 Å². The molecular weight excluding hydrogens is 146 g/mol. The summed E-state index contributed by atoms with van der Waals surface area (Å²) in [6.45, 7) is 8.19. The van der Waals surface area contributed by atoms with E-state index in [-0.39, 0.29) is 0 Å². The van der Waals surface area contributed by atoms with Crippen molar-refractivity contribution in [3.05, 3.63) is 12.8 Å². The maximum atomic E-state index is 3.71. The third-order valence-electron chi connectivity index (χ3n) is 2.17. The lowest BCUT2D eigenvalue weighted by Gasteiger charge is -2.16. The Morgan fingerprint density at radius 3 is 2.00 bits per heavy atom. The molecule has 1 heteroatoms. The van der Waals surface area contributed by atoms with E-state index in [9.17, 15) is 0 Å². The van der Waals surface area contributed by atoms with E-state index in [2.05, 4.69) is 25.7 Å². The van der Waals surface area contributed by atoms with Crippen LogP contribution in [0.5, 0.6) is 0 Å². The zero-order chi connectivity index (χ0) is 9.23. The first-order chi connectivity index (χ1) is 5.85. The second-order valence-electron chi connectivity index (χ2n) is 3.35. The summed E-state index contributed by atoms with van der Waals surface area (Å²) in [6, 6.07) is 0.669. The minimum Gasteiger partial charge on any atom is -0.389 e. The maximum Gasteiger partial charge on any atom is 0.0255 e. The van der Waals surface area contributed by atoms with Crippen LogP contribution in [-0.4, -0.2) is 6.04 Å². The molecule has 0 aromatic heterocycles. The zero-order valence-corrected chi connectivity index (χ0v) is 8.60. The van der Waals surface area contributed by atoms with Crippen LogP contribution in [0.4, 0.5) is 0 Å². The molecule has 0 amide bonds. The first-order valence-electron chi connectivity index (χ1n) is 5.22. The van der Waals surface area contributed by atoms with Crippen LogP contribution in [0.2, 0.25) is 0 Å². The Labute approximate surface area is 77.2 Å². The van der Waals surface area contributed by atoms with Crippen molar-refractivity contribution in [2.24, 2.45) is 0 Å². The quantitative estimate of drug-likeness (QED) is 0.586. The lowest BCUT2D eigenvalue weighted by molar-refractivity contribution is 0.470. The highest BCUT2D eigenvalue weighted by Crippen LogP contribution is 2.08. The molecule has 0 aromatic rings. The molecule has 0 fully saturated rings. The van der Waals surface area contributed by atoms with Gasteiger partial charge in [0, 0.05) is 6.04 Å². The molecule has 0 heterocycles. The fourth-order valence-corrected chi connectivity index (χ4v) is 1.38. The minimum atomic E-state index is 0.669. The number of rotatable bonds is 8. The largest absolute Gasteiger partial charge is 0.389 e. The maximum absolute atomic E-state index is 3.71. The van der Waals surface area contributed by atoms with Gasteiger partial charge in [-0.3, -0.25) is 0 Å². The molecule has 12 heavy (non-hydrogen) atoms. The van der Waals surface area contributed by atoms with Gasteiger partial charge in [-0.05, 0) is 19.0 Å². The van der Waals surface area contributed by atoms with Crippen LogP contribution < -0.4 is 5.32 Å². The van der Waals surface area contributed by atoms with Crippen LogP contribution in [0.15, 0.2) is 12.8 Å². The van der Waals surface area contributed by atoms with Crippen molar-refractivity contribution in [2.45, 2.75) is 58.4 Å². The van der Waals surface area contributed by atoms with Crippen LogP contribution >= 0.6 is 0 Å². The van der Waals surface area contributed by atoms with E-state index in [1.165, 1.54) is 38.5 Å². The van der Waals surface area contributed by atoms with Gasteiger partial charge in [-0.15, -0.1) is 0 Å². The topological polar surface area (TPSA) is 12.0 Å². The van der Waals surface area contributed by atoms with Crippen molar-refractivity contribution in [3.8, 4) is 0 Å². The summed E-state index contributed by atoms with van der Waals surface area (Å²) in [7, 11) is 0. The Balaban J connectivity index is 3.46. The van der Waals surface area contributed by atoms with E-state index in [4.69, 9.17) is 0 Å². The fraction of sp³-hybridized carbons (Fsp3) is 0.818. The van der Waals surface area contributed by atoms with Crippen LogP contribution in [0.1, 0.15) is 52.4 Å². The van der Waals surface area contributed by atoms with Crippen LogP contribution in [0, 0.1) is 0 Å². The van der Waals surface area contributed by atoms with Gasteiger partial charge in [0.2, 0.25) is 0 Å². The number of unbranched alkanes of at least 4 members (excludes halogenated alkanes) is 2. The van der Waals surface area contributed by atoms with Gasteiger partial charge in [-0.1, -0.05) is 46.1 Å². The smallest absolute Gasteiger partial charge is 0.0255 e. The Morgan fingerprint density at radius 1 is 1.17 bits per heavy atom. The van der Waals surface area contributed by atoms with Crippen molar-refractivity contribution in [2.75, 3.05) is 0 Å². The normalized spacial score (nSPS) is 10.2. The summed E-state index contributed by atoms with van der Waals surface area (Å²) >= 11 is 0. The summed E-state index contributed by atoms with van der Waals surface area (Å²) in [6.07, 6.45) is 9.66. The molecule has 0 saturated carbocycles. The van der Waals surface area contributed by atoms with E-state index < -0.39 is 0 Å². The molecule has 0 rings (SSSR count). The first kappa shape index (κ1) is 11.5. The second-order valence-corrected chi connectivity index (χ2v) is 3.35. The first-order valence-corrected chi connectivity index (χ1v) is 5.22. The van der Waals surface area contributed by atoms with Gasteiger partial charge in [0.1, 0.15) is 0 Å². The van der Waals surface area contributed by atoms with E-state index in [0.717, 1.165) is 0 Å². The summed E-state index contributed by atoms with van der Waals surface area (Å²) in [5, 5.41) is 3.32. The fourth-order valence-electron chi connectivity index (χ4n) is 1.38. The van der Waals surface area contributed by atoms with Gasteiger partial charge in [0.25, 0.3) is 0 Å². The average molecular weight is 169 g/mol. The number of hydrogen-bond acceptors (Lipinski definition) is 1. The van der Waals surface area contributed by atoms with Crippen molar-refractivity contribution >= 4 is 0 Å². The van der Waals surface area contributed by atoms with E-state index >= 15 is 0 Å². The highest BCUT2D eigenvalue weighted by molar-refractivity contribution is 4.73. The van der Waals surface area contributed by atoms with Crippen LogP contribution in [-0.2, 0) is 0 Å². The lowest BCUT2D eigenvalue weighted by Crippen LogP contribution is -2.23. The Morgan fingerprint density at radius 2 is 1.67 bits per heavy atom. The third-order valence-corrected chi connectivity index (χ3v) is 2.17. The van der Waals surface area contributed by atoms with Gasteiger partial charge in [0.15, 0.2) is 0 Å². The number of nitrogens with one attached hydrogen (secondary N) is 1. The molecule has 0 aliphatic heterocycles. The molecule has 0 aliphatic rings. The van der Waals surface area contributed by atoms with Gasteiger partial charge >= 0.3 is 0 Å². The van der Waals surface area contributed by atoms with Crippen molar-refractivity contribution < 1.29 is 0 Å². The highest BCUT2D eigenvalue weighted by atomic mass is 14.9. The Bertz CT molecular complexity index is 91.2. The van der Waals surface area contributed by atoms with E-state index in [1.807, 2.05) is 6.20 Å².